The summed E-state index contributed by atoms with van der Waals surface area (Å²) in [5.74, 6) is 0.965. The van der Waals surface area contributed by atoms with Crippen LogP contribution in [0.4, 0.5) is 0 Å². The van der Waals surface area contributed by atoms with E-state index in [1.807, 2.05) is 24.4 Å². The average molecular weight is 229 g/mol. The van der Waals surface area contributed by atoms with E-state index in [0.29, 0.717) is 6.04 Å². The average Bonchev–Trinajstić information content (AvgIpc) is 3.09. The predicted octanol–water partition coefficient (Wildman–Crippen LogP) is 3.19. The Morgan fingerprint density at radius 1 is 1.41 bits per heavy atom. The van der Waals surface area contributed by atoms with Gasteiger partial charge in [0, 0.05) is 29.3 Å². The van der Waals surface area contributed by atoms with Gasteiger partial charge in [-0.3, -0.25) is 4.79 Å². The lowest BCUT2D eigenvalue weighted by molar-refractivity contribution is 0.101. The Labute approximate surface area is 100.0 Å². The SMILES string of the molecule is COc1ccc2c(C(C)=O)cn(C3CC3)c2c1. The zero-order valence-electron chi connectivity index (χ0n) is 10.1. The molecule has 1 fully saturated rings. The van der Waals surface area contributed by atoms with Crippen LogP contribution in [0.15, 0.2) is 24.4 Å². The molecule has 1 aromatic heterocycles. The molecule has 0 radical (unpaired) electrons. The Kier molecular flexibility index (Phi) is 2.21. The first kappa shape index (κ1) is 10.4. The van der Waals surface area contributed by atoms with Gasteiger partial charge in [-0.1, -0.05) is 0 Å². The number of carbonyl (C=O) groups excluding carboxylic acids is 1. The molecule has 2 aromatic rings. The fraction of sp³-hybridized carbons (Fsp3) is 0.357. The van der Waals surface area contributed by atoms with E-state index in [1.165, 1.54) is 12.8 Å². The third-order valence-corrected chi connectivity index (χ3v) is 3.36. The van der Waals surface area contributed by atoms with E-state index in [0.717, 1.165) is 22.2 Å². The molecule has 1 saturated carbocycles. The second-order valence-electron chi connectivity index (χ2n) is 4.62. The molecule has 0 saturated heterocycles. The molecular formula is C14H15NO2. The van der Waals surface area contributed by atoms with Gasteiger partial charge in [0.2, 0.25) is 0 Å². The van der Waals surface area contributed by atoms with Crippen molar-refractivity contribution in [2.75, 3.05) is 7.11 Å². The second kappa shape index (κ2) is 3.62. The molecule has 0 spiro atoms. The summed E-state index contributed by atoms with van der Waals surface area (Å²) >= 11 is 0. The Morgan fingerprint density at radius 3 is 2.76 bits per heavy atom. The summed E-state index contributed by atoms with van der Waals surface area (Å²) in [4.78, 5) is 11.6. The Hall–Kier alpha value is -1.77. The van der Waals surface area contributed by atoms with Crippen molar-refractivity contribution in [1.82, 2.24) is 4.57 Å². The van der Waals surface area contributed by atoms with Crippen molar-refractivity contribution in [2.24, 2.45) is 0 Å². The first-order chi connectivity index (χ1) is 8.20. The Morgan fingerprint density at radius 2 is 2.18 bits per heavy atom. The highest BCUT2D eigenvalue weighted by Gasteiger charge is 2.26. The van der Waals surface area contributed by atoms with Crippen LogP contribution in [0.2, 0.25) is 0 Å². The van der Waals surface area contributed by atoms with Crippen LogP contribution in [0.3, 0.4) is 0 Å². The fourth-order valence-electron chi connectivity index (χ4n) is 2.29. The van der Waals surface area contributed by atoms with Crippen molar-refractivity contribution in [3.63, 3.8) is 0 Å². The fourth-order valence-corrected chi connectivity index (χ4v) is 2.29. The minimum atomic E-state index is 0.125. The van der Waals surface area contributed by atoms with Crippen LogP contribution in [0, 0.1) is 0 Å². The summed E-state index contributed by atoms with van der Waals surface area (Å²) in [5.41, 5.74) is 1.92. The van der Waals surface area contributed by atoms with E-state index >= 15 is 0 Å². The van der Waals surface area contributed by atoms with E-state index in [4.69, 9.17) is 4.74 Å². The maximum Gasteiger partial charge on any atom is 0.161 e. The van der Waals surface area contributed by atoms with Gasteiger partial charge in [0.25, 0.3) is 0 Å². The van der Waals surface area contributed by atoms with Crippen LogP contribution >= 0.6 is 0 Å². The van der Waals surface area contributed by atoms with Crippen LogP contribution in [0.1, 0.15) is 36.2 Å². The van der Waals surface area contributed by atoms with Crippen molar-refractivity contribution in [1.29, 1.82) is 0 Å². The highest BCUT2D eigenvalue weighted by molar-refractivity contribution is 6.07. The molecule has 0 bridgehead atoms. The van der Waals surface area contributed by atoms with Crippen molar-refractivity contribution < 1.29 is 9.53 Å². The highest BCUT2D eigenvalue weighted by Crippen LogP contribution is 2.39. The lowest BCUT2D eigenvalue weighted by Gasteiger charge is -2.04. The molecule has 1 aliphatic rings. The molecule has 3 nitrogen and oxygen atoms in total. The zero-order valence-corrected chi connectivity index (χ0v) is 10.1. The molecule has 0 N–H and O–H groups in total. The van der Waals surface area contributed by atoms with Crippen LogP contribution in [-0.4, -0.2) is 17.5 Å². The summed E-state index contributed by atoms with van der Waals surface area (Å²) < 4.78 is 7.47. The molecule has 1 aliphatic carbocycles. The summed E-state index contributed by atoms with van der Waals surface area (Å²) in [6.07, 6.45) is 4.40. The van der Waals surface area contributed by atoms with E-state index in [-0.39, 0.29) is 5.78 Å². The van der Waals surface area contributed by atoms with Gasteiger partial charge in [0.05, 0.1) is 12.6 Å². The minimum absolute atomic E-state index is 0.125. The molecule has 17 heavy (non-hydrogen) atoms. The first-order valence-electron chi connectivity index (χ1n) is 5.90. The number of fused-ring (bicyclic) bond motifs is 1. The molecule has 1 heterocycles. The van der Waals surface area contributed by atoms with Crippen molar-refractivity contribution >= 4 is 16.7 Å². The second-order valence-corrected chi connectivity index (χ2v) is 4.62. The Balaban J connectivity index is 2.27. The number of benzene rings is 1. The topological polar surface area (TPSA) is 31.2 Å². The molecule has 1 aromatic carbocycles. The normalized spacial score (nSPS) is 15.2. The summed E-state index contributed by atoms with van der Waals surface area (Å²) in [6, 6.07) is 6.47. The molecule has 0 amide bonds. The van der Waals surface area contributed by atoms with Gasteiger partial charge in [0.15, 0.2) is 5.78 Å². The quantitative estimate of drug-likeness (QED) is 0.757. The van der Waals surface area contributed by atoms with Gasteiger partial charge in [0.1, 0.15) is 5.75 Å². The molecule has 0 unspecified atom stereocenters. The summed E-state index contributed by atoms with van der Waals surface area (Å²) in [6.45, 7) is 1.62. The van der Waals surface area contributed by atoms with Gasteiger partial charge < -0.3 is 9.30 Å². The monoisotopic (exact) mass is 229 g/mol. The molecule has 88 valence electrons. The molecule has 3 rings (SSSR count). The maximum atomic E-state index is 11.6. The largest absolute Gasteiger partial charge is 0.497 e. The van der Waals surface area contributed by atoms with Crippen molar-refractivity contribution in [3.8, 4) is 5.75 Å². The zero-order chi connectivity index (χ0) is 12.0. The number of ketones is 1. The van der Waals surface area contributed by atoms with Gasteiger partial charge in [-0.05, 0) is 31.9 Å². The Bertz CT molecular complexity index is 594. The van der Waals surface area contributed by atoms with Crippen LogP contribution in [0.25, 0.3) is 10.9 Å². The number of rotatable bonds is 3. The number of Topliss-reactive ketones (excluding diaryl/α,β-unsaturated/α-hetero) is 1. The number of hydrogen-bond acceptors (Lipinski definition) is 2. The van der Waals surface area contributed by atoms with E-state index in [2.05, 4.69) is 4.57 Å². The summed E-state index contributed by atoms with van der Waals surface area (Å²) in [5, 5.41) is 1.03. The van der Waals surface area contributed by atoms with E-state index < -0.39 is 0 Å². The standard InChI is InChI=1S/C14H15NO2/c1-9(16)13-8-15(10-3-4-10)14-7-11(17-2)5-6-12(13)14/h5-8,10H,3-4H2,1-2H3. The van der Waals surface area contributed by atoms with Crippen LogP contribution in [-0.2, 0) is 0 Å². The van der Waals surface area contributed by atoms with Gasteiger partial charge in [-0.25, -0.2) is 0 Å². The predicted molar refractivity (Wildman–Crippen MR) is 66.8 cm³/mol. The number of aromatic nitrogens is 1. The highest BCUT2D eigenvalue weighted by atomic mass is 16.5. The van der Waals surface area contributed by atoms with E-state index in [1.54, 1.807) is 14.0 Å². The van der Waals surface area contributed by atoms with Crippen molar-refractivity contribution in [2.45, 2.75) is 25.8 Å². The summed E-state index contributed by atoms with van der Waals surface area (Å²) in [7, 11) is 1.66. The lowest BCUT2D eigenvalue weighted by Crippen LogP contribution is -1.92. The number of methoxy groups -OCH3 is 1. The number of ether oxygens (including phenoxy) is 1. The van der Waals surface area contributed by atoms with E-state index in [9.17, 15) is 4.79 Å². The van der Waals surface area contributed by atoms with Gasteiger partial charge in [-0.15, -0.1) is 0 Å². The molecule has 0 aliphatic heterocycles. The smallest absolute Gasteiger partial charge is 0.161 e. The maximum absolute atomic E-state index is 11.6. The molecule has 3 heteroatoms. The minimum Gasteiger partial charge on any atom is -0.497 e. The van der Waals surface area contributed by atoms with Gasteiger partial charge in [-0.2, -0.15) is 0 Å². The van der Waals surface area contributed by atoms with Gasteiger partial charge >= 0.3 is 0 Å². The number of hydrogen-bond donors (Lipinski definition) is 0. The molecular weight excluding hydrogens is 214 g/mol. The van der Waals surface area contributed by atoms with Crippen molar-refractivity contribution in [3.05, 3.63) is 30.0 Å². The third kappa shape index (κ3) is 1.62. The lowest BCUT2D eigenvalue weighted by atomic mass is 10.1. The van der Waals surface area contributed by atoms with Crippen LogP contribution < -0.4 is 4.74 Å². The third-order valence-electron chi connectivity index (χ3n) is 3.36. The number of carbonyl (C=O) groups is 1. The molecule has 0 atom stereocenters. The number of nitrogens with zero attached hydrogens (tertiary/aromatic N) is 1. The van der Waals surface area contributed by atoms with Crippen LogP contribution in [0.5, 0.6) is 5.75 Å². The first-order valence-corrected chi connectivity index (χ1v) is 5.90.